The first kappa shape index (κ1) is 18.5. The van der Waals surface area contributed by atoms with Crippen molar-refractivity contribution in [3.8, 4) is 0 Å². The summed E-state index contributed by atoms with van der Waals surface area (Å²) in [4.78, 5) is 27.0. The second-order valence-electron chi connectivity index (χ2n) is 6.14. The fourth-order valence-electron chi connectivity index (χ4n) is 1.87. The van der Waals surface area contributed by atoms with Gasteiger partial charge in [0, 0.05) is 24.7 Å². The van der Waals surface area contributed by atoms with E-state index in [0.717, 1.165) is 5.56 Å². The van der Waals surface area contributed by atoms with E-state index in [9.17, 15) is 9.59 Å². The maximum Gasteiger partial charge on any atom is 0.248 e. The SMILES string of the molecule is CN=C(NCC(=O)NC(C)(C)C)NCc1cccc(C(N)=O)c1. The monoisotopic (exact) mass is 319 g/mol. The van der Waals surface area contributed by atoms with E-state index in [0.29, 0.717) is 18.1 Å². The molecular weight excluding hydrogens is 294 g/mol. The Hall–Kier alpha value is -2.57. The Morgan fingerprint density at radius 1 is 1.22 bits per heavy atom. The van der Waals surface area contributed by atoms with Crippen molar-refractivity contribution in [2.75, 3.05) is 13.6 Å². The Morgan fingerprint density at radius 3 is 2.48 bits per heavy atom. The number of benzene rings is 1. The number of amides is 2. The highest BCUT2D eigenvalue weighted by atomic mass is 16.2. The molecule has 5 N–H and O–H groups in total. The molecule has 1 aromatic rings. The number of aliphatic imine (C=N–C) groups is 1. The highest BCUT2D eigenvalue weighted by Gasteiger charge is 2.13. The molecule has 7 heteroatoms. The molecule has 2 amide bonds. The summed E-state index contributed by atoms with van der Waals surface area (Å²) in [5.74, 6) is -0.0806. The number of rotatable bonds is 5. The van der Waals surface area contributed by atoms with Gasteiger partial charge < -0.3 is 21.7 Å². The minimum Gasteiger partial charge on any atom is -0.366 e. The Kier molecular flexibility index (Phi) is 6.56. The average molecular weight is 319 g/mol. The number of nitrogens with zero attached hydrogens (tertiary/aromatic N) is 1. The molecule has 0 fully saturated rings. The van der Waals surface area contributed by atoms with Crippen molar-refractivity contribution in [3.63, 3.8) is 0 Å². The molecule has 0 aliphatic heterocycles. The van der Waals surface area contributed by atoms with E-state index in [4.69, 9.17) is 5.73 Å². The van der Waals surface area contributed by atoms with Crippen molar-refractivity contribution in [3.05, 3.63) is 35.4 Å². The van der Waals surface area contributed by atoms with E-state index in [1.54, 1.807) is 25.2 Å². The zero-order chi connectivity index (χ0) is 17.5. The van der Waals surface area contributed by atoms with Gasteiger partial charge in [0.1, 0.15) is 0 Å². The first-order valence-corrected chi connectivity index (χ1v) is 7.35. The molecule has 0 radical (unpaired) electrons. The normalized spacial score (nSPS) is 11.7. The van der Waals surface area contributed by atoms with Crippen molar-refractivity contribution in [2.24, 2.45) is 10.7 Å². The minimum atomic E-state index is -0.465. The van der Waals surface area contributed by atoms with Gasteiger partial charge in [0.25, 0.3) is 0 Å². The molecule has 0 aromatic heterocycles. The number of hydrogen-bond donors (Lipinski definition) is 4. The van der Waals surface area contributed by atoms with E-state index in [2.05, 4.69) is 20.9 Å². The lowest BCUT2D eigenvalue weighted by molar-refractivity contribution is -0.121. The number of nitrogens with one attached hydrogen (secondary N) is 3. The van der Waals surface area contributed by atoms with Gasteiger partial charge in [-0.2, -0.15) is 0 Å². The summed E-state index contributed by atoms with van der Waals surface area (Å²) in [7, 11) is 1.62. The van der Waals surface area contributed by atoms with Crippen LogP contribution in [0, 0.1) is 0 Å². The lowest BCUT2D eigenvalue weighted by Crippen LogP contribution is -2.48. The largest absolute Gasteiger partial charge is 0.366 e. The fourth-order valence-corrected chi connectivity index (χ4v) is 1.87. The van der Waals surface area contributed by atoms with Gasteiger partial charge in [-0.3, -0.25) is 14.6 Å². The number of guanidine groups is 1. The molecule has 0 heterocycles. The summed E-state index contributed by atoms with van der Waals surface area (Å²) in [6, 6.07) is 7.02. The van der Waals surface area contributed by atoms with Crippen LogP contribution in [0.4, 0.5) is 0 Å². The van der Waals surface area contributed by atoms with E-state index in [1.807, 2.05) is 26.8 Å². The highest BCUT2D eigenvalue weighted by molar-refractivity contribution is 5.93. The van der Waals surface area contributed by atoms with Crippen LogP contribution in [0.15, 0.2) is 29.3 Å². The summed E-state index contributed by atoms with van der Waals surface area (Å²) < 4.78 is 0. The summed E-state index contributed by atoms with van der Waals surface area (Å²) in [5.41, 5.74) is 6.33. The van der Waals surface area contributed by atoms with Gasteiger partial charge in [-0.1, -0.05) is 12.1 Å². The molecule has 0 aliphatic carbocycles. The second kappa shape index (κ2) is 8.17. The van der Waals surface area contributed by atoms with Gasteiger partial charge in [0.2, 0.25) is 11.8 Å². The number of primary amides is 1. The summed E-state index contributed by atoms with van der Waals surface area (Å²) in [5, 5.41) is 8.87. The van der Waals surface area contributed by atoms with Crippen LogP contribution >= 0.6 is 0 Å². The smallest absolute Gasteiger partial charge is 0.248 e. The Labute approximate surface area is 136 Å². The van der Waals surface area contributed by atoms with Crippen LogP contribution < -0.4 is 21.7 Å². The van der Waals surface area contributed by atoms with Gasteiger partial charge in [-0.25, -0.2) is 0 Å². The predicted molar refractivity (Wildman–Crippen MR) is 91.1 cm³/mol. The lowest BCUT2D eigenvalue weighted by Gasteiger charge is -2.21. The van der Waals surface area contributed by atoms with Gasteiger partial charge in [0.05, 0.1) is 6.54 Å². The summed E-state index contributed by atoms with van der Waals surface area (Å²) in [6.07, 6.45) is 0. The van der Waals surface area contributed by atoms with Gasteiger partial charge in [-0.15, -0.1) is 0 Å². The molecule has 0 bridgehead atoms. The molecular formula is C16H25N5O2. The molecule has 1 rings (SSSR count). The van der Waals surface area contributed by atoms with Gasteiger partial charge >= 0.3 is 0 Å². The zero-order valence-corrected chi connectivity index (χ0v) is 14.1. The molecule has 1 aromatic carbocycles. The van der Waals surface area contributed by atoms with Gasteiger partial charge in [0.15, 0.2) is 5.96 Å². The van der Waals surface area contributed by atoms with Crippen molar-refractivity contribution in [2.45, 2.75) is 32.9 Å². The third kappa shape index (κ3) is 7.30. The lowest BCUT2D eigenvalue weighted by atomic mass is 10.1. The third-order valence-corrected chi connectivity index (χ3v) is 2.83. The fraction of sp³-hybridized carbons (Fsp3) is 0.438. The molecule has 7 nitrogen and oxygen atoms in total. The van der Waals surface area contributed by atoms with Crippen LogP contribution in [0.25, 0.3) is 0 Å². The van der Waals surface area contributed by atoms with Crippen molar-refractivity contribution >= 4 is 17.8 Å². The molecule has 23 heavy (non-hydrogen) atoms. The number of nitrogens with two attached hydrogens (primary N) is 1. The molecule has 0 saturated carbocycles. The standard InChI is InChI=1S/C16H25N5O2/c1-16(2,3)21-13(22)10-20-15(18-4)19-9-11-6-5-7-12(8-11)14(17)23/h5-8H,9-10H2,1-4H3,(H2,17,23)(H,21,22)(H2,18,19,20). The molecule has 0 aliphatic rings. The van der Waals surface area contributed by atoms with Crippen molar-refractivity contribution in [1.29, 1.82) is 0 Å². The van der Waals surface area contributed by atoms with Crippen LogP contribution in [0.5, 0.6) is 0 Å². The number of carbonyl (C=O) groups is 2. The van der Waals surface area contributed by atoms with E-state index >= 15 is 0 Å². The quantitative estimate of drug-likeness (QED) is 0.464. The predicted octanol–water partition coefficient (Wildman–Crippen LogP) is 0.365. The first-order chi connectivity index (χ1) is 10.7. The minimum absolute atomic E-state index is 0.115. The van der Waals surface area contributed by atoms with Crippen molar-refractivity contribution in [1.82, 2.24) is 16.0 Å². The zero-order valence-electron chi connectivity index (χ0n) is 14.1. The Balaban J connectivity index is 2.50. The summed E-state index contributed by atoms with van der Waals surface area (Å²) in [6.45, 7) is 6.34. The maximum atomic E-state index is 11.8. The van der Waals surface area contributed by atoms with Crippen LogP contribution in [0.3, 0.4) is 0 Å². The Morgan fingerprint density at radius 2 is 1.91 bits per heavy atom. The third-order valence-electron chi connectivity index (χ3n) is 2.83. The molecule has 0 spiro atoms. The molecule has 0 saturated heterocycles. The second-order valence-corrected chi connectivity index (χ2v) is 6.14. The van der Waals surface area contributed by atoms with Gasteiger partial charge in [-0.05, 0) is 38.5 Å². The van der Waals surface area contributed by atoms with E-state index < -0.39 is 5.91 Å². The molecule has 126 valence electrons. The topological polar surface area (TPSA) is 109 Å². The average Bonchev–Trinajstić information content (AvgIpc) is 2.46. The molecule has 0 unspecified atom stereocenters. The molecule has 0 atom stereocenters. The van der Waals surface area contributed by atoms with Crippen LogP contribution in [0.2, 0.25) is 0 Å². The number of carbonyl (C=O) groups excluding carboxylic acids is 2. The van der Waals surface area contributed by atoms with E-state index in [-0.39, 0.29) is 18.0 Å². The highest BCUT2D eigenvalue weighted by Crippen LogP contribution is 2.04. The maximum absolute atomic E-state index is 11.8. The van der Waals surface area contributed by atoms with Crippen LogP contribution in [0.1, 0.15) is 36.7 Å². The number of hydrogen-bond acceptors (Lipinski definition) is 3. The summed E-state index contributed by atoms with van der Waals surface area (Å²) >= 11 is 0. The van der Waals surface area contributed by atoms with Crippen LogP contribution in [-0.4, -0.2) is 36.9 Å². The first-order valence-electron chi connectivity index (χ1n) is 7.35. The van der Waals surface area contributed by atoms with Crippen molar-refractivity contribution < 1.29 is 9.59 Å². The van der Waals surface area contributed by atoms with Crippen LogP contribution in [-0.2, 0) is 11.3 Å². The van der Waals surface area contributed by atoms with E-state index in [1.165, 1.54) is 0 Å². The Bertz CT molecular complexity index is 590.